The summed E-state index contributed by atoms with van der Waals surface area (Å²) in [6.45, 7) is 0. The maximum absolute atomic E-state index is 12.4. The summed E-state index contributed by atoms with van der Waals surface area (Å²) in [4.78, 5) is 10.3. The molecule has 17 heavy (non-hydrogen) atoms. The van der Waals surface area contributed by atoms with E-state index >= 15 is 0 Å². The van der Waals surface area contributed by atoms with Gasteiger partial charge in [0.2, 0.25) is 0 Å². The summed E-state index contributed by atoms with van der Waals surface area (Å²) in [6.07, 6.45) is -4.43. The van der Waals surface area contributed by atoms with Gasteiger partial charge in [-0.15, -0.1) is 0 Å². The molecule has 1 aromatic carbocycles. The normalized spacial score (nSPS) is 13.4. The zero-order valence-electron chi connectivity index (χ0n) is 8.87. The largest absolute Gasteiger partial charge is 0.481 e. The number of carbonyl (C=O) groups is 1. The SMILES string of the molecule is NC(c1cccc(CCC(=O)O)c1)C(F)(F)F. The second-order valence-corrected chi connectivity index (χ2v) is 3.66. The Morgan fingerprint density at radius 2 is 2.06 bits per heavy atom. The highest BCUT2D eigenvalue weighted by molar-refractivity contribution is 5.67. The molecule has 0 aromatic heterocycles. The number of nitrogens with two attached hydrogens (primary N) is 1. The van der Waals surface area contributed by atoms with Gasteiger partial charge in [-0.2, -0.15) is 13.2 Å². The van der Waals surface area contributed by atoms with Gasteiger partial charge in [-0.1, -0.05) is 24.3 Å². The molecule has 0 bridgehead atoms. The highest BCUT2D eigenvalue weighted by Gasteiger charge is 2.37. The van der Waals surface area contributed by atoms with Gasteiger partial charge in [0.05, 0.1) is 0 Å². The molecule has 3 N–H and O–H groups in total. The summed E-state index contributed by atoms with van der Waals surface area (Å²) < 4.78 is 37.1. The zero-order chi connectivity index (χ0) is 13.1. The average Bonchev–Trinajstić information content (AvgIpc) is 2.24. The minimum atomic E-state index is -4.49. The van der Waals surface area contributed by atoms with Crippen molar-refractivity contribution in [3.8, 4) is 0 Å². The molecule has 1 rings (SSSR count). The fraction of sp³-hybridized carbons (Fsp3) is 0.364. The monoisotopic (exact) mass is 247 g/mol. The van der Waals surface area contributed by atoms with Gasteiger partial charge >= 0.3 is 12.1 Å². The molecule has 0 spiro atoms. The van der Waals surface area contributed by atoms with E-state index in [0.717, 1.165) is 0 Å². The van der Waals surface area contributed by atoms with Crippen molar-refractivity contribution >= 4 is 5.97 Å². The van der Waals surface area contributed by atoms with Crippen LogP contribution in [0.25, 0.3) is 0 Å². The molecular formula is C11H12F3NO2. The van der Waals surface area contributed by atoms with E-state index in [1.54, 1.807) is 6.07 Å². The summed E-state index contributed by atoms with van der Waals surface area (Å²) in [7, 11) is 0. The maximum atomic E-state index is 12.4. The molecule has 1 atom stereocenters. The Hall–Kier alpha value is -1.56. The molecule has 1 unspecified atom stereocenters. The molecule has 0 fully saturated rings. The third kappa shape index (κ3) is 4.07. The standard InChI is InChI=1S/C11H12F3NO2/c12-11(13,14)10(15)8-3-1-2-7(6-8)4-5-9(16)17/h1-3,6,10H,4-5,15H2,(H,16,17). The number of benzene rings is 1. The molecule has 0 radical (unpaired) electrons. The summed E-state index contributed by atoms with van der Waals surface area (Å²) in [5.74, 6) is -0.990. The van der Waals surface area contributed by atoms with Gasteiger partial charge in [0, 0.05) is 6.42 Å². The van der Waals surface area contributed by atoms with E-state index in [1.165, 1.54) is 18.2 Å². The van der Waals surface area contributed by atoms with Crippen LogP contribution in [0.2, 0.25) is 0 Å². The van der Waals surface area contributed by atoms with E-state index in [-0.39, 0.29) is 18.4 Å². The molecule has 6 heteroatoms. The van der Waals surface area contributed by atoms with Gasteiger partial charge in [-0.05, 0) is 17.5 Å². The lowest BCUT2D eigenvalue weighted by molar-refractivity contribution is -0.149. The van der Waals surface area contributed by atoms with Crippen molar-refractivity contribution in [2.45, 2.75) is 25.1 Å². The smallest absolute Gasteiger partial charge is 0.407 e. The average molecular weight is 247 g/mol. The first-order valence-corrected chi connectivity index (χ1v) is 4.93. The summed E-state index contributed by atoms with van der Waals surface area (Å²) in [5, 5.41) is 8.48. The van der Waals surface area contributed by atoms with Crippen LogP contribution >= 0.6 is 0 Å². The van der Waals surface area contributed by atoms with Crippen molar-refractivity contribution in [2.75, 3.05) is 0 Å². The molecule has 0 aliphatic rings. The van der Waals surface area contributed by atoms with Crippen molar-refractivity contribution < 1.29 is 23.1 Å². The number of aryl methyl sites for hydroxylation is 1. The van der Waals surface area contributed by atoms with Crippen molar-refractivity contribution in [3.63, 3.8) is 0 Å². The number of carboxylic acid groups (broad SMARTS) is 1. The Morgan fingerprint density at radius 1 is 1.41 bits per heavy atom. The van der Waals surface area contributed by atoms with Crippen LogP contribution in [0, 0.1) is 0 Å². The molecule has 0 aliphatic heterocycles. The first-order chi connectivity index (χ1) is 7.80. The first kappa shape index (κ1) is 13.5. The Bertz CT molecular complexity index is 404. The van der Waals surface area contributed by atoms with Crippen molar-refractivity contribution in [1.29, 1.82) is 0 Å². The van der Waals surface area contributed by atoms with Crippen LogP contribution in [0.5, 0.6) is 0 Å². The van der Waals surface area contributed by atoms with E-state index in [9.17, 15) is 18.0 Å². The second-order valence-electron chi connectivity index (χ2n) is 3.66. The Balaban J connectivity index is 2.82. The van der Waals surface area contributed by atoms with Gasteiger partial charge in [0.1, 0.15) is 6.04 Å². The van der Waals surface area contributed by atoms with Gasteiger partial charge in [0.25, 0.3) is 0 Å². The number of rotatable bonds is 4. The highest BCUT2D eigenvalue weighted by Crippen LogP contribution is 2.30. The quantitative estimate of drug-likeness (QED) is 0.857. The maximum Gasteiger partial charge on any atom is 0.407 e. The van der Waals surface area contributed by atoms with Gasteiger partial charge in [-0.3, -0.25) is 4.79 Å². The molecule has 0 saturated heterocycles. The summed E-state index contributed by atoms with van der Waals surface area (Å²) in [5.41, 5.74) is 5.53. The molecule has 0 heterocycles. The van der Waals surface area contributed by atoms with E-state index < -0.39 is 18.2 Å². The lowest BCUT2D eigenvalue weighted by Crippen LogP contribution is -2.28. The van der Waals surface area contributed by atoms with Crippen LogP contribution in [0.3, 0.4) is 0 Å². The number of hydrogen-bond donors (Lipinski definition) is 2. The number of aliphatic carboxylic acids is 1. The Morgan fingerprint density at radius 3 is 2.59 bits per heavy atom. The van der Waals surface area contributed by atoms with Gasteiger partial charge < -0.3 is 10.8 Å². The number of alkyl halides is 3. The van der Waals surface area contributed by atoms with Gasteiger partial charge in [0.15, 0.2) is 0 Å². The lowest BCUT2D eigenvalue weighted by Gasteiger charge is -2.16. The molecular weight excluding hydrogens is 235 g/mol. The fourth-order valence-corrected chi connectivity index (χ4v) is 1.38. The molecule has 3 nitrogen and oxygen atoms in total. The van der Waals surface area contributed by atoms with Crippen LogP contribution in [0.15, 0.2) is 24.3 Å². The van der Waals surface area contributed by atoms with Crippen LogP contribution in [0.4, 0.5) is 13.2 Å². The van der Waals surface area contributed by atoms with E-state index in [0.29, 0.717) is 5.56 Å². The third-order valence-corrected chi connectivity index (χ3v) is 2.29. The van der Waals surface area contributed by atoms with Crippen molar-refractivity contribution in [1.82, 2.24) is 0 Å². The van der Waals surface area contributed by atoms with Crippen LogP contribution in [0.1, 0.15) is 23.6 Å². The first-order valence-electron chi connectivity index (χ1n) is 4.93. The van der Waals surface area contributed by atoms with E-state index in [1.807, 2.05) is 0 Å². The lowest BCUT2D eigenvalue weighted by atomic mass is 10.0. The summed E-state index contributed by atoms with van der Waals surface area (Å²) in [6, 6.07) is 3.56. The van der Waals surface area contributed by atoms with Crippen molar-refractivity contribution in [2.24, 2.45) is 5.73 Å². The predicted molar refractivity (Wildman–Crippen MR) is 55.4 cm³/mol. The Kier molecular flexibility index (Phi) is 4.11. The topological polar surface area (TPSA) is 63.3 Å². The molecule has 0 aliphatic carbocycles. The predicted octanol–water partition coefficient (Wildman–Crippen LogP) is 2.27. The van der Waals surface area contributed by atoms with Gasteiger partial charge in [-0.25, -0.2) is 0 Å². The fourth-order valence-electron chi connectivity index (χ4n) is 1.38. The molecule has 1 aromatic rings. The Labute approximate surface area is 96.0 Å². The minimum absolute atomic E-state index is 0.0552. The number of carboxylic acids is 1. The molecule has 0 saturated carbocycles. The van der Waals surface area contributed by atoms with Crippen LogP contribution < -0.4 is 5.73 Å². The third-order valence-electron chi connectivity index (χ3n) is 2.29. The number of hydrogen-bond acceptors (Lipinski definition) is 2. The van der Waals surface area contributed by atoms with E-state index in [4.69, 9.17) is 10.8 Å². The highest BCUT2D eigenvalue weighted by atomic mass is 19.4. The van der Waals surface area contributed by atoms with Crippen molar-refractivity contribution in [3.05, 3.63) is 35.4 Å². The molecule has 0 amide bonds. The minimum Gasteiger partial charge on any atom is -0.481 e. The number of halogens is 3. The van der Waals surface area contributed by atoms with Crippen LogP contribution in [-0.2, 0) is 11.2 Å². The van der Waals surface area contributed by atoms with Crippen LogP contribution in [-0.4, -0.2) is 17.3 Å². The zero-order valence-corrected chi connectivity index (χ0v) is 8.87. The second kappa shape index (κ2) is 5.18. The molecule has 94 valence electrons. The van der Waals surface area contributed by atoms with E-state index in [2.05, 4.69) is 0 Å². The summed E-state index contributed by atoms with van der Waals surface area (Å²) >= 11 is 0.